The van der Waals surface area contributed by atoms with E-state index in [0.717, 1.165) is 33.4 Å². The third-order valence-corrected chi connectivity index (χ3v) is 5.54. The molecule has 1 N–H and O–H groups in total. The first-order valence-electron chi connectivity index (χ1n) is 10.6. The average Bonchev–Trinajstić information content (AvgIpc) is 3.18. The molecular weight excluding hydrogens is 416 g/mol. The number of hydrogen-bond acceptors (Lipinski definition) is 4. The molecule has 6 heteroatoms. The van der Waals surface area contributed by atoms with Gasteiger partial charge in [0, 0.05) is 29.5 Å². The first-order chi connectivity index (χ1) is 16.1. The van der Waals surface area contributed by atoms with Crippen molar-refractivity contribution in [3.63, 3.8) is 0 Å². The lowest BCUT2D eigenvalue weighted by atomic mass is 10.1. The Labute approximate surface area is 190 Å². The Balaban J connectivity index is 1.26. The van der Waals surface area contributed by atoms with Crippen LogP contribution in [0.4, 0.5) is 0 Å². The number of pyridine rings is 1. The summed E-state index contributed by atoms with van der Waals surface area (Å²) in [5.41, 5.74) is 3.86. The highest BCUT2D eigenvalue weighted by Crippen LogP contribution is 2.26. The number of aromatic nitrogens is 2. The zero-order chi connectivity index (χ0) is 22.8. The van der Waals surface area contributed by atoms with E-state index in [-0.39, 0.29) is 5.56 Å². The number of benzene rings is 3. The molecule has 3 aromatic carbocycles. The first kappa shape index (κ1) is 20.6. The Bertz CT molecular complexity index is 1470. The summed E-state index contributed by atoms with van der Waals surface area (Å²) in [6, 6.07) is 25.2. The van der Waals surface area contributed by atoms with Crippen molar-refractivity contribution in [2.24, 2.45) is 7.05 Å². The van der Waals surface area contributed by atoms with Gasteiger partial charge in [-0.05, 0) is 48.0 Å². The van der Waals surface area contributed by atoms with Crippen LogP contribution in [0.3, 0.4) is 0 Å². The van der Waals surface area contributed by atoms with E-state index in [1.54, 1.807) is 16.8 Å². The van der Waals surface area contributed by atoms with E-state index in [2.05, 4.69) is 4.98 Å². The molecule has 33 heavy (non-hydrogen) atoms. The number of carboxylic acid groups (broad SMARTS) is 1. The lowest BCUT2D eigenvalue weighted by Gasteiger charge is -2.10. The Hall–Kier alpha value is -4.32. The van der Waals surface area contributed by atoms with Gasteiger partial charge in [0.1, 0.15) is 24.7 Å². The molecule has 0 atom stereocenters. The molecule has 5 rings (SSSR count). The normalized spacial score (nSPS) is 11.1. The average molecular weight is 438 g/mol. The van der Waals surface area contributed by atoms with Crippen LogP contribution in [0.25, 0.3) is 21.8 Å². The molecule has 0 aliphatic heterocycles. The molecule has 0 saturated heterocycles. The summed E-state index contributed by atoms with van der Waals surface area (Å²) < 4.78 is 13.7. The quantitative estimate of drug-likeness (QED) is 0.359. The standard InChI is InChI=1S/C27H22N2O4/c1-29-15-24(27(30)31)23-14-22(11-12-26(23)29)32-16-18-5-4-7-21(13-18)33-17-20-10-9-19-6-2-3-8-25(19)28-20/h2-15H,16-17H2,1H3,(H,30,31). The van der Waals surface area contributed by atoms with Gasteiger partial charge >= 0.3 is 5.97 Å². The smallest absolute Gasteiger partial charge is 0.337 e. The highest BCUT2D eigenvalue weighted by molar-refractivity contribution is 6.03. The molecule has 6 nitrogen and oxygen atoms in total. The van der Waals surface area contributed by atoms with Crippen molar-refractivity contribution >= 4 is 27.8 Å². The van der Waals surface area contributed by atoms with Crippen LogP contribution in [-0.4, -0.2) is 20.6 Å². The fourth-order valence-electron chi connectivity index (χ4n) is 3.87. The molecular formula is C27H22N2O4. The maximum atomic E-state index is 11.5. The molecule has 0 amide bonds. The topological polar surface area (TPSA) is 73.6 Å². The number of carbonyl (C=O) groups is 1. The Morgan fingerprint density at radius 3 is 2.61 bits per heavy atom. The minimum Gasteiger partial charge on any atom is -0.489 e. The summed E-state index contributed by atoms with van der Waals surface area (Å²) in [5.74, 6) is 0.393. The molecule has 0 aliphatic rings. The van der Waals surface area contributed by atoms with Gasteiger partial charge in [0.2, 0.25) is 0 Å². The third-order valence-electron chi connectivity index (χ3n) is 5.54. The van der Waals surface area contributed by atoms with Crippen LogP contribution < -0.4 is 9.47 Å². The van der Waals surface area contributed by atoms with E-state index in [0.29, 0.717) is 24.3 Å². The van der Waals surface area contributed by atoms with Gasteiger partial charge in [-0.1, -0.05) is 36.4 Å². The molecule has 2 aromatic heterocycles. The van der Waals surface area contributed by atoms with Crippen molar-refractivity contribution < 1.29 is 19.4 Å². The molecule has 0 bridgehead atoms. The van der Waals surface area contributed by atoms with Crippen molar-refractivity contribution in [2.75, 3.05) is 0 Å². The Kier molecular flexibility index (Phi) is 5.40. The highest BCUT2D eigenvalue weighted by atomic mass is 16.5. The van der Waals surface area contributed by atoms with Crippen molar-refractivity contribution in [2.45, 2.75) is 13.2 Å². The minimum absolute atomic E-state index is 0.260. The Morgan fingerprint density at radius 2 is 1.73 bits per heavy atom. The number of aryl methyl sites for hydroxylation is 1. The Morgan fingerprint density at radius 1 is 0.909 bits per heavy atom. The summed E-state index contributed by atoms with van der Waals surface area (Å²) in [7, 11) is 1.83. The SMILES string of the molecule is Cn1cc(C(=O)O)c2cc(OCc3cccc(OCc4ccc5ccccc5n4)c3)ccc21. The van der Waals surface area contributed by atoms with Gasteiger partial charge in [0.15, 0.2) is 0 Å². The van der Waals surface area contributed by atoms with Crippen LogP contribution in [-0.2, 0) is 20.3 Å². The predicted octanol–water partition coefficient (Wildman–Crippen LogP) is 5.58. The maximum Gasteiger partial charge on any atom is 0.337 e. The van der Waals surface area contributed by atoms with Crippen molar-refractivity contribution in [3.8, 4) is 11.5 Å². The van der Waals surface area contributed by atoms with Crippen molar-refractivity contribution in [1.82, 2.24) is 9.55 Å². The van der Waals surface area contributed by atoms with E-state index in [1.165, 1.54) is 0 Å². The van der Waals surface area contributed by atoms with Crippen LogP contribution in [0.1, 0.15) is 21.6 Å². The van der Waals surface area contributed by atoms with E-state index >= 15 is 0 Å². The van der Waals surface area contributed by atoms with Gasteiger partial charge in [-0.15, -0.1) is 0 Å². The fraction of sp³-hybridized carbons (Fsp3) is 0.111. The summed E-state index contributed by atoms with van der Waals surface area (Å²) in [4.78, 5) is 16.2. The van der Waals surface area contributed by atoms with Gasteiger partial charge in [-0.2, -0.15) is 0 Å². The largest absolute Gasteiger partial charge is 0.489 e. The number of fused-ring (bicyclic) bond motifs is 2. The number of rotatable bonds is 7. The molecule has 5 aromatic rings. The van der Waals surface area contributed by atoms with Crippen LogP contribution in [0.15, 0.2) is 85.1 Å². The molecule has 2 heterocycles. The van der Waals surface area contributed by atoms with Crippen molar-refractivity contribution in [3.05, 3.63) is 102 Å². The highest BCUT2D eigenvalue weighted by Gasteiger charge is 2.13. The van der Waals surface area contributed by atoms with E-state index < -0.39 is 5.97 Å². The van der Waals surface area contributed by atoms with Crippen LogP contribution in [0.5, 0.6) is 11.5 Å². The van der Waals surface area contributed by atoms with Gasteiger partial charge in [0.25, 0.3) is 0 Å². The predicted molar refractivity (Wildman–Crippen MR) is 127 cm³/mol. The van der Waals surface area contributed by atoms with Crippen LogP contribution >= 0.6 is 0 Å². The molecule has 0 radical (unpaired) electrons. The zero-order valence-electron chi connectivity index (χ0n) is 18.1. The summed E-state index contributed by atoms with van der Waals surface area (Å²) >= 11 is 0. The number of para-hydroxylation sites is 1. The second-order valence-corrected chi connectivity index (χ2v) is 7.86. The lowest BCUT2D eigenvalue weighted by molar-refractivity contribution is 0.0699. The van der Waals surface area contributed by atoms with Crippen LogP contribution in [0, 0.1) is 0 Å². The summed E-state index contributed by atoms with van der Waals surface area (Å²) in [5, 5.41) is 11.2. The number of carboxylic acids is 1. The second-order valence-electron chi connectivity index (χ2n) is 7.86. The molecule has 164 valence electrons. The van der Waals surface area contributed by atoms with Gasteiger partial charge in [-0.3, -0.25) is 0 Å². The number of nitrogens with zero attached hydrogens (tertiary/aromatic N) is 2. The first-order valence-corrected chi connectivity index (χ1v) is 10.6. The molecule has 0 aliphatic carbocycles. The minimum atomic E-state index is -0.955. The zero-order valence-corrected chi connectivity index (χ0v) is 18.1. The fourth-order valence-corrected chi connectivity index (χ4v) is 3.87. The number of aromatic carboxylic acids is 1. The number of ether oxygens (including phenoxy) is 2. The maximum absolute atomic E-state index is 11.5. The molecule has 0 spiro atoms. The molecule has 0 saturated carbocycles. The number of hydrogen-bond donors (Lipinski definition) is 1. The van der Waals surface area contributed by atoms with E-state index in [1.807, 2.05) is 79.8 Å². The van der Waals surface area contributed by atoms with Crippen molar-refractivity contribution in [1.29, 1.82) is 0 Å². The summed E-state index contributed by atoms with van der Waals surface area (Å²) in [6.07, 6.45) is 1.61. The second kappa shape index (κ2) is 8.67. The van der Waals surface area contributed by atoms with E-state index in [4.69, 9.17) is 9.47 Å². The van der Waals surface area contributed by atoms with Gasteiger partial charge in [0.05, 0.1) is 16.8 Å². The lowest BCUT2D eigenvalue weighted by Crippen LogP contribution is -2.00. The van der Waals surface area contributed by atoms with Gasteiger partial charge < -0.3 is 19.1 Å². The molecule has 0 unspecified atom stereocenters. The van der Waals surface area contributed by atoms with Crippen LogP contribution in [0.2, 0.25) is 0 Å². The monoisotopic (exact) mass is 438 g/mol. The third kappa shape index (κ3) is 4.36. The van der Waals surface area contributed by atoms with Gasteiger partial charge in [-0.25, -0.2) is 9.78 Å². The summed E-state index contributed by atoms with van der Waals surface area (Å²) in [6.45, 7) is 0.712. The molecule has 0 fully saturated rings. The van der Waals surface area contributed by atoms with E-state index in [9.17, 15) is 9.90 Å².